The second-order valence-corrected chi connectivity index (χ2v) is 7.49. The Bertz CT molecular complexity index is 808. The summed E-state index contributed by atoms with van der Waals surface area (Å²) in [7, 11) is 3.31. The Morgan fingerprint density at radius 3 is 2.56 bits per heavy atom. The summed E-state index contributed by atoms with van der Waals surface area (Å²) in [5.41, 5.74) is 1.83. The molecule has 2 fully saturated rings. The van der Waals surface area contributed by atoms with Crippen LogP contribution in [0.5, 0.6) is 11.5 Å². The first-order chi connectivity index (χ1) is 13.2. The number of rotatable bonds is 5. The summed E-state index contributed by atoms with van der Waals surface area (Å²) in [6.45, 7) is 0. The zero-order chi connectivity index (χ0) is 18.8. The molecule has 1 aromatic carbocycles. The van der Waals surface area contributed by atoms with Crippen LogP contribution in [0.2, 0.25) is 0 Å². The van der Waals surface area contributed by atoms with E-state index in [1.165, 1.54) is 31.2 Å². The molecule has 0 bridgehead atoms. The highest BCUT2D eigenvalue weighted by Crippen LogP contribution is 2.55. The largest absolute Gasteiger partial charge is 0.493 e. The molecule has 0 aliphatic heterocycles. The van der Waals surface area contributed by atoms with Gasteiger partial charge in [-0.15, -0.1) is 0 Å². The molecule has 4 rings (SSSR count). The lowest BCUT2D eigenvalue weighted by molar-refractivity contribution is 0.0251. The minimum Gasteiger partial charge on any atom is -0.493 e. The number of amides is 1. The van der Waals surface area contributed by atoms with Gasteiger partial charge in [0.25, 0.3) is 5.91 Å². The Labute approximate surface area is 160 Å². The third-order valence-corrected chi connectivity index (χ3v) is 6.20. The van der Waals surface area contributed by atoms with Gasteiger partial charge < -0.3 is 14.8 Å². The first-order valence-electron chi connectivity index (χ1n) is 9.65. The fraction of sp³-hybridized carbons (Fsp3) is 0.455. The molecule has 1 amide bonds. The third kappa shape index (κ3) is 3.27. The van der Waals surface area contributed by atoms with Crippen molar-refractivity contribution in [2.75, 3.05) is 14.2 Å². The molecule has 1 aromatic heterocycles. The van der Waals surface area contributed by atoms with E-state index in [0.29, 0.717) is 23.3 Å². The lowest BCUT2D eigenvalue weighted by Crippen LogP contribution is -2.59. The van der Waals surface area contributed by atoms with Crippen LogP contribution >= 0.6 is 0 Å². The van der Waals surface area contributed by atoms with Crippen molar-refractivity contribution in [2.24, 2.45) is 11.8 Å². The average Bonchev–Trinajstić information content (AvgIpc) is 2.72. The fourth-order valence-corrected chi connectivity index (χ4v) is 4.91. The number of nitrogens with zero attached hydrogens (tertiary/aromatic N) is 1. The molecule has 0 saturated heterocycles. The molecule has 2 unspecified atom stereocenters. The first-order valence-corrected chi connectivity index (χ1v) is 9.65. The first kappa shape index (κ1) is 17.8. The Balaban J connectivity index is 1.60. The molecule has 2 aliphatic rings. The second kappa shape index (κ2) is 7.59. The van der Waals surface area contributed by atoms with Crippen LogP contribution in [-0.2, 0) is 0 Å². The minimum atomic E-state index is -0.0393. The zero-order valence-electron chi connectivity index (χ0n) is 15.9. The number of nitrogens with one attached hydrogen (secondary N) is 1. The molecule has 4 atom stereocenters. The van der Waals surface area contributed by atoms with Crippen LogP contribution < -0.4 is 14.8 Å². The van der Waals surface area contributed by atoms with E-state index in [1.807, 2.05) is 12.1 Å². The van der Waals surface area contributed by atoms with E-state index in [9.17, 15) is 4.79 Å². The number of fused-ring (bicyclic) bond motifs is 1. The van der Waals surface area contributed by atoms with Gasteiger partial charge in [0.05, 0.1) is 19.8 Å². The molecule has 0 spiro atoms. The predicted octanol–water partition coefficient (Wildman–Crippen LogP) is 3.80. The van der Waals surface area contributed by atoms with Gasteiger partial charge in [0.15, 0.2) is 11.5 Å². The van der Waals surface area contributed by atoms with Gasteiger partial charge in [0, 0.05) is 24.4 Å². The standard InChI is InChI=1S/C22H26N2O3/c1-26-18-10-9-14(12-19(18)27-2)20-16-7-3-4-8-17(16)21(20)24-22(25)15-6-5-11-23-13-15/h5-6,9-13,16-17,20-21H,3-4,7-8H2,1-2H3,(H,24,25)/t16?,17?,20-,21-/m0/s1. The number of ether oxygens (including phenoxy) is 2. The Morgan fingerprint density at radius 1 is 1.07 bits per heavy atom. The lowest BCUT2D eigenvalue weighted by atomic mass is 9.53. The SMILES string of the molecule is COc1ccc([C@H]2C3CCCCC3[C@@H]2NC(=O)c2cccnc2)cc1OC. The van der Waals surface area contributed by atoms with E-state index in [1.54, 1.807) is 32.7 Å². The highest BCUT2D eigenvalue weighted by Gasteiger charge is 2.52. The molecule has 142 valence electrons. The molecule has 2 aromatic rings. The van der Waals surface area contributed by atoms with Gasteiger partial charge in [-0.25, -0.2) is 0 Å². The van der Waals surface area contributed by atoms with Crippen LogP contribution in [0.3, 0.4) is 0 Å². The van der Waals surface area contributed by atoms with Crippen molar-refractivity contribution >= 4 is 5.91 Å². The van der Waals surface area contributed by atoms with E-state index < -0.39 is 0 Å². The molecular weight excluding hydrogens is 340 g/mol. The van der Waals surface area contributed by atoms with Crippen LogP contribution in [0.25, 0.3) is 0 Å². The zero-order valence-corrected chi connectivity index (χ0v) is 15.9. The summed E-state index contributed by atoms with van der Waals surface area (Å²) in [6, 6.07) is 9.90. The average molecular weight is 366 g/mol. The number of benzene rings is 1. The number of methoxy groups -OCH3 is 2. The Hall–Kier alpha value is -2.56. The Kier molecular flexibility index (Phi) is 5.01. The van der Waals surface area contributed by atoms with Crippen LogP contribution in [-0.4, -0.2) is 31.2 Å². The minimum absolute atomic E-state index is 0.0393. The summed E-state index contributed by atoms with van der Waals surface area (Å²) in [5, 5.41) is 3.30. The summed E-state index contributed by atoms with van der Waals surface area (Å²) in [6.07, 6.45) is 8.24. The van der Waals surface area contributed by atoms with E-state index in [-0.39, 0.29) is 11.9 Å². The maximum Gasteiger partial charge on any atom is 0.253 e. The molecular formula is C22H26N2O3. The molecule has 2 aliphatic carbocycles. The highest BCUT2D eigenvalue weighted by molar-refractivity contribution is 5.94. The number of carbonyl (C=O) groups is 1. The number of hydrogen-bond donors (Lipinski definition) is 1. The van der Waals surface area contributed by atoms with E-state index in [2.05, 4.69) is 22.4 Å². The van der Waals surface area contributed by atoms with Crippen molar-refractivity contribution in [3.63, 3.8) is 0 Å². The third-order valence-electron chi connectivity index (χ3n) is 6.20. The van der Waals surface area contributed by atoms with Crippen LogP contribution in [0, 0.1) is 11.8 Å². The number of hydrogen-bond acceptors (Lipinski definition) is 4. The van der Waals surface area contributed by atoms with Crippen LogP contribution in [0.15, 0.2) is 42.7 Å². The molecule has 0 radical (unpaired) electrons. The summed E-state index contributed by atoms with van der Waals surface area (Å²) < 4.78 is 10.9. The van der Waals surface area contributed by atoms with Crippen LogP contribution in [0.4, 0.5) is 0 Å². The maximum atomic E-state index is 12.7. The second-order valence-electron chi connectivity index (χ2n) is 7.49. The molecule has 1 heterocycles. The van der Waals surface area contributed by atoms with Crippen molar-refractivity contribution < 1.29 is 14.3 Å². The number of aromatic nitrogens is 1. The van der Waals surface area contributed by atoms with Gasteiger partial charge in [-0.1, -0.05) is 18.9 Å². The summed E-state index contributed by atoms with van der Waals surface area (Å²) in [4.78, 5) is 16.8. The number of pyridine rings is 1. The number of carbonyl (C=O) groups excluding carboxylic acids is 1. The van der Waals surface area contributed by atoms with E-state index in [0.717, 1.165) is 11.5 Å². The van der Waals surface area contributed by atoms with Crippen molar-refractivity contribution in [1.29, 1.82) is 0 Å². The normalized spacial score (nSPS) is 26.4. The van der Waals surface area contributed by atoms with Gasteiger partial charge in [-0.3, -0.25) is 9.78 Å². The van der Waals surface area contributed by atoms with E-state index >= 15 is 0 Å². The van der Waals surface area contributed by atoms with Crippen molar-refractivity contribution in [1.82, 2.24) is 10.3 Å². The van der Waals surface area contributed by atoms with Crippen molar-refractivity contribution in [3.8, 4) is 11.5 Å². The van der Waals surface area contributed by atoms with Gasteiger partial charge in [-0.05, 0) is 54.5 Å². The molecule has 2 saturated carbocycles. The smallest absolute Gasteiger partial charge is 0.253 e. The monoisotopic (exact) mass is 366 g/mol. The fourth-order valence-electron chi connectivity index (χ4n) is 4.91. The molecule has 5 nitrogen and oxygen atoms in total. The van der Waals surface area contributed by atoms with Gasteiger partial charge in [0.2, 0.25) is 0 Å². The Morgan fingerprint density at radius 2 is 1.85 bits per heavy atom. The van der Waals surface area contributed by atoms with Crippen molar-refractivity contribution in [2.45, 2.75) is 37.6 Å². The quantitative estimate of drug-likeness (QED) is 0.874. The highest BCUT2D eigenvalue weighted by atomic mass is 16.5. The van der Waals surface area contributed by atoms with Gasteiger partial charge in [-0.2, -0.15) is 0 Å². The van der Waals surface area contributed by atoms with Crippen molar-refractivity contribution in [3.05, 3.63) is 53.9 Å². The topological polar surface area (TPSA) is 60.5 Å². The molecule has 27 heavy (non-hydrogen) atoms. The summed E-state index contributed by atoms with van der Waals surface area (Å²) in [5.74, 6) is 2.93. The predicted molar refractivity (Wildman–Crippen MR) is 103 cm³/mol. The lowest BCUT2D eigenvalue weighted by Gasteiger charge is -2.55. The molecule has 1 N–H and O–H groups in total. The summed E-state index contributed by atoms with van der Waals surface area (Å²) >= 11 is 0. The van der Waals surface area contributed by atoms with Gasteiger partial charge in [0.1, 0.15) is 0 Å². The van der Waals surface area contributed by atoms with Gasteiger partial charge >= 0.3 is 0 Å². The van der Waals surface area contributed by atoms with E-state index in [4.69, 9.17) is 9.47 Å². The molecule has 5 heteroatoms. The maximum absolute atomic E-state index is 12.7. The van der Waals surface area contributed by atoms with Crippen LogP contribution in [0.1, 0.15) is 47.5 Å².